The highest BCUT2D eigenvalue weighted by Gasteiger charge is 2.21. The van der Waals surface area contributed by atoms with Gasteiger partial charge in [-0.25, -0.2) is 4.98 Å². The predicted octanol–water partition coefficient (Wildman–Crippen LogP) is 3.22. The first kappa shape index (κ1) is 16.0. The number of hydrogen-bond acceptors (Lipinski definition) is 3. The molecule has 4 nitrogen and oxygen atoms in total. The highest BCUT2D eigenvalue weighted by molar-refractivity contribution is 5.77. The van der Waals surface area contributed by atoms with Gasteiger partial charge in [0, 0.05) is 25.6 Å². The number of fused-ring (bicyclic) bond motifs is 1. The van der Waals surface area contributed by atoms with Crippen molar-refractivity contribution in [1.82, 2.24) is 9.55 Å². The molecule has 0 aliphatic carbocycles. The molecule has 1 aromatic heterocycles. The second-order valence-electron chi connectivity index (χ2n) is 6.65. The first-order valence-corrected chi connectivity index (χ1v) is 7.60. The lowest BCUT2D eigenvalue weighted by Gasteiger charge is -2.25. The quantitative estimate of drug-likeness (QED) is 0.919. The van der Waals surface area contributed by atoms with E-state index in [9.17, 15) is 0 Å². The van der Waals surface area contributed by atoms with E-state index in [1.54, 1.807) is 7.11 Å². The molecule has 21 heavy (non-hydrogen) atoms. The van der Waals surface area contributed by atoms with Crippen molar-refractivity contribution in [3.63, 3.8) is 0 Å². The van der Waals surface area contributed by atoms with Gasteiger partial charge < -0.3 is 15.0 Å². The lowest BCUT2D eigenvalue weighted by Crippen LogP contribution is -2.24. The lowest BCUT2D eigenvalue weighted by atomic mass is 10.1. The van der Waals surface area contributed by atoms with Crippen LogP contribution in [0, 0.1) is 0 Å². The third kappa shape index (κ3) is 3.44. The Balaban J connectivity index is 2.47. The van der Waals surface area contributed by atoms with Crippen LogP contribution in [0.4, 0.5) is 0 Å². The monoisotopic (exact) mass is 289 g/mol. The molecule has 0 amide bonds. The standard InChI is InChI=1S/C17H27N3O/c1-12(21-5)6-9-16-19-14-10-13(11-18)7-8-15(14)20(16)17(2,3)4/h7-8,10,12H,6,9,11,18H2,1-5H3. The van der Waals surface area contributed by atoms with Crippen LogP contribution in [0.25, 0.3) is 11.0 Å². The first-order valence-electron chi connectivity index (χ1n) is 7.60. The topological polar surface area (TPSA) is 53.1 Å². The number of nitrogens with zero attached hydrogens (tertiary/aromatic N) is 2. The SMILES string of the molecule is COC(C)CCc1nc2cc(CN)ccc2n1C(C)(C)C. The fourth-order valence-electron chi connectivity index (χ4n) is 2.67. The lowest BCUT2D eigenvalue weighted by molar-refractivity contribution is 0.110. The highest BCUT2D eigenvalue weighted by Crippen LogP contribution is 2.27. The number of nitrogens with two attached hydrogens (primary N) is 1. The van der Waals surface area contributed by atoms with Gasteiger partial charge in [-0.05, 0) is 51.8 Å². The maximum atomic E-state index is 5.74. The van der Waals surface area contributed by atoms with Gasteiger partial charge >= 0.3 is 0 Å². The van der Waals surface area contributed by atoms with E-state index in [0.29, 0.717) is 6.54 Å². The summed E-state index contributed by atoms with van der Waals surface area (Å²) >= 11 is 0. The van der Waals surface area contributed by atoms with Crippen molar-refractivity contribution < 1.29 is 4.74 Å². The third-order valence-corrected chi connectivity index (χ3v) is 3.87. The molecular formula is C17H27N3O. The minimum absolute atomic E-state index is 0.00459. The minimum atomic E-state index is 0.00459. The molecule has 0 aliphatic heterocycles. The average molecular weight is 289 g/mol. The summed E-state index contributed by atoms with van der Waals surface area (Å²) in [7, 11) is 1.75. The van der Waals surface area contributed by atoms with E-state index < -0.39 is 0 Å². The Hall–Kier alpha value is -1.39. The summed E-state index contributed by atoms with van der Waals surface area (Å²) in [5.74, 6) is 1.12. The first-order chi connectivity index (χ1) is 9.86. The van der Waals surface area contributed by atoms with E-state index in [-0.39, 0.29) is 11.6 Å². The summed E-state index contributed by atoms with van der Waals surface area (Å²) in [5, 5.41) is 0. The average Bonchev–Trinajstić information content (AvgIpc) is 2.81. The smallest absolute Gasteiger partial charge is 0.110 e. The Morgan fingerprint density at radius 2 is 2.05 bits per heavy atom. The van der Waals surface area contributed by atoms with Crippen LogP contribution in [0.2, 0.25) is 0 Å². The zero-order valence-corrected chi connectivity index (χ0v) is 13.8. The predicted molar refractivity (Wildman–Crippen MR) is 87.4 cm³/mol. The molecule has 116 valence electrons. The van der Waals surface area contributed by atoms with Crippen molar-refractivity contribution in [2.24, 2.45) is 5.73 Å². The molecule has 1 aromatic carbocycles. The van der Waals surface area contributed by atoms with Crippen molar-refractivity contribution in [3.8, 4) is 0 Å². The molecule has 4 heteroatoms. The van der Waals surface area contributed by atoms with Crippen molar-refractivity contribution in [2.45, 2.75) is 58.7 Å². The van der Waals surface area contributed by atoms with Gasteiger partial charge in [0.15, 0.2) is 0 Å². The molecule has 1 atom stereocenters. The van der Waals surface area contributed by atoms with Crippen molar-refractivity contribution >= 4 is 11.0 Å². The van der Waals surface area contributed by atoms with Gasteiger partial charge in [-0.3, -0.25) is 0 Å². The Labute approximate surface area is 127 Å². The number of hydrogen-bond donors (Lipinski definition) is 1. The summed E-state index contributed by atoms with van der Waals surface area (Å²) in [6.07, 6.45) is 2.14. The number of imidazole rings is 1. The molecule has 2 rings (SSSR count). The number of aryl methyl sites for hydroxylation is 1. The molecule has 2 N–H and O–H groups in total. The van der Waals surface area contributed by atoms with Crippen LogP contribution in [0.15, 0.2) is 18.2 Å². The van der Waals surface area contributed by atoms with Crippen LogP contribution in [0.1, 0.15) is 45.5 Å². The molecule has 1 heterocycles. The van der Waals surface area contributed by atoms with E-state index >= 15 is 0 Å². The second-order valence-corrected chi connectivity index (χ2v) is 6.65. The number of aromatic nitrogens is 2. The van der Waals surface area contributed by atoms with E-state index in [1.807, 2.05) is 0 Å². The largest absolute Gasteiger partial charge is 0.382 e. The molecule has 2 aromatic rings. The van der Waals surface area contributed by atoms with Gasteiger partial charge in [-0.1, -0.05) is 6.07 Å². The Morgan fingerprint density at radius 3 is 2.62 bits per heavy atom. The van der Waals surface area contributed by atoms with Crippen LogP contribution in [0.3, 0.4) is 0 Å². The second kappa shape index (κ2) is 6.16. The normalized spacial score (nSPS) is 13.8. The van der Waals surface area contributed by atoms with E-state index in [4.69, 9.17) is 15.5 Å². The highest BCUT2D eigenvalue weighted by atomic mass is 16.5. The summed E-state index contributed by atoms with van der Waals surface area (Å²) in [6, 6.07) is 6.33. The zero-order chi connectivity index (χ0) is 15.6. The Bertz CT molecular complexity index is 610. The number of methoxy groups -OCH3 is 1. The van der Waals surface area contributed by atoms with Crippen LogP contribution in [-0.4, -0.2) is 22.8 Å². The molecule has 1 unspecified atom stereocenters. The molecule has 0 fully saturated rings. The third-order valence-electron chi connectivity index (χ3n) is 3.87. The summed E-state index contributed by atoms with van der Waals surface area (Å²) in [6.45, 7) is 9.29. The number of ether oxygens (including phenoxy) is 1. The van der Waals surface area contributed by atoms with E-state index in [2.05, 4.69) is 50.5 Å². The Kier molecular flexibility index (Phi) is 4.69. The van der Waals surface area contributed by atoms with Crippen molar-refractivity contribution in [1.29, 1.82) is 0 Å². The molecule has 0 radical (unpaired) electrons. The fraction of sp³-hybridized carbons (Fsp3) is 0.588. The minimum Gasteiger partial charge on any atom is -0.382 e. The van der Waals surface area contributed by atoms with E-state index in [0.717, 1.165) is 29.7 Å². The molecule has 0 saturated heterocycles. The molecule has 0 saturated carbocycles. The van der Waals surface area contributed by atoms with Crippen LogP contribution in [-0.2, 0) is 23.2 Å². The maximum absolute atomic E-state index is 5.74. The Morgan fingerprint density at radius 1 is 1.33 bits per heavy atom. The molecule has 0 spiro atoms. The van der Waals surface area contributed by atoms with Gasteiger partial charge in [0.2, 0.25) is 0 Å². The van der Waals surface area contributed by atoms with Gasteiger partial charge in [0.25, 0.3) is 0 Å². The molecular weight excluding hydrogens is 262 g/mol. The van der Waals surface area contributed by atoms with Crippen LogP contribution < -0.4 is 5.73 Å². The van der Waals surface area contributed by atoms with Crippen molar-refractivity contribution in [3.05, 3.63) is 29.6 Å². The number of rotatable bonds is 5. The van der Waals surface area contributed by atoms with Crippen LogP contribution >= 0.6 is 0 Å². The summed E-state index contributed by atoms with van der Waals surface area (Å²) in [5.41, 5.74) is 9.08. The molecule has 0 bridgehead atoms. The summed E-state index contributed by atoms with van der Waals surface area (Å²) in [4.78, 5) is 4.85. The zero-order valence-electron chi connectivity index (χ0n) is 13.8. The van der Waals surface area contributed by atoms with Gasteiger partial charge in [0.05, 0.1) is 17.1 Å². The van der Waals surface area contributed by atoms with E-state index in [1.165, 1.54) is 5.52 Å². The van der Waals surface area contributed by atoms with Gasteiger partial charge in [0.1, 0.15) is 5.82 Å². The maximum Gasteiger partial charge on any atom is 0.110 e. The fourth-order valence-corrected chi connectivity index (χ4v) is 2.67. The number of benzene rings is 1. The molecule has 0 aliphatic rings. The summed E-state index contributed by atoms with van der Waals surface area (Å²) < 4.78 is 7.69. The van der Waals surface area contributed by atoms with Crippen molar-refractivity contribution in [2.75, 3.05) is 7.11 Å². The van der Waals surface area contributed by atoms with Gasteiger partial charge in [-0.15, -0.1) is 0 Å². The van der Waals surface area contributed by atoms with Crippen LogP contribution in [0.5, 0.6) is 0 Å². The van der Waals surface area contributed by atoms with Gasteiger partial charge in [-0.2, -0.15) is 0 Å².